The second-order valence-corrected chi connectivity index (χ2v) is 7.62. The van der Waals surface area contributed by atoms with E-state index in [9.17, 15) is 14.0 Å². The van der Waals surface area contributed by atoms with Crippen LogP contribution in [0.15, 0.2) is 24.3 Å². The maximum Gasteiger partial charge on any atom is 0.254 e. The summed E-state index contributed by atoms with van der Waals surface area (Å²) in [6.07, 6.45) is 5.53. The molecule has 1 saturated carbocycles. The Kier molecular flexibility index (Phi) is 6.83. The van der Waals surface area contributed by atoms with Crippen LogP contribution >= 0.6 is 0 Å². The lowest BCUT2D eigenvalue weighted by Crippen LogP contribution is -2.58. The summed E-state index contributed by atoms with van der Waals surface area (Å²) < 4.78 is 13.4. The van der Waals surface area contributed by atoms with Gasteiger partial charge >= 0.3 is 0 Å². The molecule has 148 valence electrons. The summed E-state index contributed by atoms with van der Waals surface area (Å²) in [5.41, 5.74) is 0.386. The van der Waals surface area contributed by atoms with Crippen molar-refractivity contribution in [2.24, 2.45) is 5.92 Å². The van der Waals surface area contributed by atoms with Gasteiger partial charge < -0.3 is 10.2 Å². The molecule has 3 rings (SSSR count). The highest BCUT2D eigenvalue weighted by molar-refractivity contribution is 5.94. The SMILES string of the molecule is CCCNC(=O)[C@H](C1CCCC1)N1CCN(C(=O)c2cccc(F)c2)CC1. The summed E-state index contributed by atoms with van der Waals surface area (Å²) in [7, 11) is 0. The van der Waals surface area contributed by atoms with Gasteiger partial charge in [-0.25, -0.2) is 4.39 Å². The summed E-state index contributed by atoms with van der Waals surface area (Å²) >= 11 is 0. The molecule has 0 spiro atoms. The largest absolute Gasteiger partial charge is 0.355 e. The van der Waals surface area contributed by atoms with E-state index in [0.29, 0.717) is 44.2 Å². The smallest absolute Gasteiger partial charge is 0.254 e. The van der Waals surface area contributed by atoms with Crippen LogP contribution in [0.5, 0.6) is 0 Å². The molecule has 1 saturated heterocycles. The fraction of sp³-hybridized carbons (Fsp3) is 0.619. The molecule has 0 unspecified atom stereocenters. The Bertz CT molecular complexity index is 653. The van der Waals surface area contributed by atoms with Gasteiger partial charge in [-0.1, -0.05) is 25.8 Å². The quantitative estimate of drug-likeness (QED) is 0.832. The number of piperazine rings is 1. The van der Waals surface area contributed by atoms with Gasteiger partial charge in [0.15, 0.2) is 0 Å². The van der Waals surface area contributed by atoms with Crippen LogP contribution in [-0.2, 0) is 4.79 Å². The molecule has 0 radical (unpaired) electrons. The van der Waals surface area contributed by atoms with Crippen molar-refractivity contribution in [1.82, 2.24) is 15.1 Å². The van der Waals surface area contributed by atoms with Crippen molar-refractivity contribution >= 4 is 11.8 Å². The molecule has 2 aliphatic rings. The van der Waals surface area contributed by atoms with E-state index in [2.05, 4.69) is 17.1 Å². The standard InChI is InChI=1S/C21H30FN3O2/c1-2-10-23-20(26)19(16-6-3-4-7-16)24-11-13-25(14-12-24)21(27)17-8-5-9-18(22)15-17/h5,8-9,15-16,19H,2-4,6-7,10-14H2,1H3,(H,23,26)/t19-/m0/s1. The summed E-state index contributed by atoms with van der Waals surface area (Å²) in [6.45, 7) is 5.27. The van der Waals surface area contributed by atoms with Gasteiger partial charge in [0.2, 0.25) is 5.91 Å². The van der Waals surface area contributed by atoms with E-state index >= 15 is 0 Å². The number of carbonyl (C=O) groups is 2. The van der Waals surface area contributed by atoms with E-state index in [0.717, 1.165) is 19.3 Å². The zero-order chi connectivity index (χ0) is 19.2. The van der Waals surface area contributed by atoms with Crippen molar-refractivity contribution in [3.8, 4) is 0 Å². The van der Waals surface area contributed by atoms with E-state index < -0.39 is 5.82 Å². The topological polar surface area (TPSA) is 52.7 Å². The third-order valence-electron chi connectivity index (χ3n) is 5.73. The number of hydrogen-bond acceptors (Lipinski definition) is 3. The Morgan fingerprint density at radius 3 is 2.52 bits per heavy atom. The highest BCUT2D eigenvalue weighted by Gasteiger charge is 2.37. The lowest BCUT2D eigenvalue weighted by atomic mass is 9.95. The van der Waals surface area contributed by atoms with E-state index in [-0.39, 0.29) is 17.9 Å². The van der Waals surface area contributed by atoms with E-state index in [1.807, 2.05) is 0 Å². The molecule has 5 nitrogen and oxygen atoms in total. The average molecular weight is 375 g/mol. The molecular formula is C21H30FN3O2. The van der Waals surface area contributed by atoms with Gasteiger partial charge in [-0.2, -0.15) is 0 Å². The molecule has 0 bridgehead atoms. The highest BCUT2D eigenvalue weighted by atomic mass is 19.1. The molecule has 1 aliphatic heterocycles. The lowest BCUT2D eigenvalue weighted by molar-refractivity contribution is -0.129. The normalized spacial score (nSPS) is 19.9. The number of hydrogen-bond donors (Lipinski definition) is 1. The summed E-state index contributed by atoms with van der Waals surface area (Å²) in [4.78, 5) is 29.4. The maximum absolute atomic E-state index is 13.4. The zero-order valence-electron chi connectivity index (χ0n) is 16.1. The maximum atomic E-state index is 13.4. The highest BCUT2D eigenvalue weighted by Crippen LogP contribution is 2.31. The minimum absolute atomic E-state index is 0.0922. The van der Waals surface area contributed by atoms with Gasteiger partial charge in [-0.15, -0.1) is 0 Å². The summed E-state index contributed by atoms with van der Waals surface area (Å²) in [5, 5.41) is 3.07. The van der Waals surface area contributed by atoms with Gasteiger partial charge in [0.1, 0.15) is 5.82 Å². The molecule has 2 fully saturated rings. The fourth-order valence-corrected chi connectivity index (χ4v) is 4.31. The van der Waals surface area contributed by atoms with Crippen molar-refractivity contribution in [2.45, 2.75) is 45.1 Å². The van der Waals surface area contributed by atoms with Crippen molar-refractivity contribution < 1.29 is 14.0 Å². The van der Waals surface area contributed by atoms with Gasteiger partial charge in [0.25, 0.3) is 5.91 Å². The summed E-state index contributed by atoms with van der Waals surface area (Å²) in [6, 6.07) is 5.75. The fourth-order valence-electron chi connectivity index (χ4n) is 4.31. The van der Waals surface area contributed by atoms with Crippen LogP contribution in [0, 0.1) is 11.7 Å². The van der Waals surface area contributed by atoms with Crippen LogP contribution in [0.2, 0.25) is 0 Å². The Labute approximate surface area is 160 Å². The Hall–Kier alpha value is -1.95. The van der Waals surface area contributed by atoms with Crippen LogP contribution in [-0.4, -0.2) is 60.4 Å². The molecule has 1 aromatic rings. The number of benzene rings is 1. The molecule has 0 aromatic heterocycles. The van der Waals surface area contributed by atoms with Crippen molar-refractivity contribution in [3.63, 3.8) is 0 Å². The molecule has 2 amide bonds. The predicted octanol–water partition coefficient (Wildman–Crippen LogP) is 2.67. The molecular weight excluding hydrogens is 345 g/mol. The van der Waals surface area contributed by atoms with E-state index in [1.54, 1.807) is 17.0 Å². The number of nitrogens with zero attached hydrogens (tertiary/aromatic N) is 2. The van der Waals surface area contributed by atoms with Crippen molar-refractivity contribution in [1.29, 1.82) is 0 Å². The van der Waals surface area contributed by atoms with Crippen molar-refractivity contribution in [2.75, 3.05) is 32.7 Å². The monoisotopic (exact) mass is 375 g/mol. The number of amides is 2. The molecule has 1 aliphatic carbocycles. The Morgan fingerprint density at radius 1 is 1.19 bits per heavy atom. The number of halogens is 1. The predicted molar refractivity (Wildman–Crippen MR) is 103 cm³/mol. The first-order valence-electron chi connectivity index (χ1n) is 10.2. The van der Waals surface area contributed by atoms with Crippen LogP contribution < -0.4 is 5.32 Å². The van der Waals surface area contributed by atoms with E-state index in [4.69, 9.17) is 0 Å². The van der Waals surface area contributed by atoms with Gasteiger partial charge in [-0.05, 0) is 43.4 Å². The second kappa shape index (κ2) is 9.31. The molecule has 1 atom stereocenters. The third kappa shape index (κ3) is 4.86. The molecule has 27 heavy (non-hydrogen) atoms. The third-order valence-corrected chi connectivity index (χ3v) is 5.73. The minimum atomic E-state index is -0.395. The Morgan fingerprint density at radius 2 is 1.89 bits per heavy atom. The zero-order valence-corrected chi connectivity index (χ0v) is 16.1. The van der Waals surface area contributed by atoms with Crippen LogP contribution in [0.3, 0.4) is 0 Å². The second-order valence-electron chi connectivity index (χ2n) is 7.62. The number of carbonyl (C=O) groups excluding carboxylic acids is 2. The van der Waals surface area contributed by atoms with E-state index in [1.165, 1.54) is 25.0 Å². The van der Waals surface area contributed by atoms with Crippen molar-refractivity contribution in [3.05, 3.63) is 35.6 Å². The molecule has 1 N–H and O–H groups in total. The lowest BCUT2D eigenvalue weighted by Gasteiger charge is -2.40. The van der Waals surface area contributed by atoms with Crippen LogP contribution in [0.4, 0.5) is 4.39 Å². The molecule has 1 aromatic carbocycles. The number of rotatable bonds is 6. The minimum Gasteiger partial charge on any atom is -0.355 e. The first-order chi connectivity index (χ1) is 13.1. The average Bonchev–Trinajstić information content (AvgIpc) is 3.21. The Balaban J connectivity index is 1.62. The van der Waals surface area contributed by atoms with Gasteiger partial charge in [0, 0.05) is 38.3 Å². The van der Waals surface area contributed by atoms with Crippen LogP contribution in [0.25, 0.3) is 0 Å². The van der Waals surface area contributed by atoms with Crippen LogP contribution in [0.1, 0.15) is 49.4 Å². The summed E-state index contributed by atoms with van der Waals surface area (Å²) in [5.74, 6) is 0.0105. The molecule has 1 heterocycles. The first-order valence-corrected chi connectivity index (χ1v) is 10.2. The number of nitrogens with one attached hydrogen (secondary N) is 1. The van der Waals surface area contributed by atoms with Gasteiger partial charge in [-0.3, -0.25) is 14.5 Å². The first kappa shape index (κ1) is 19.8. The molecule has 6 heteroatoms. The van der Waals surface area contributed by atoms with Gasteiger partial charge in [0.05, 0.1) is 6.04 Å².